The van der Waals surface area contributed by atoms with Crippen molar-refractivity contribution in [2.45, 2.75) is 32.4 Å². The monoisotopic (exact) mass is 205 g/mol. The minimum atomic E-state index is -3.49. The summed E-state index contributed by atoms with van der Waals surface area (Å²) in [5, 5.41) is 8.94. The number of aliphatic hydroxyl groups is 1. The van der Waals surface area contributed by atoms with Crippen LogP contribution in [0.25, 0.3) is 0 Å². The van der Waals surface area contributed by atoms with Crippen LogP contribution in [-0.2, 0) is 10.0 Å². The molecule has 0 saturated carbocycles. The summed E-state index contributed by atoms with van der Waals surface area (Å²) in [7, 11) is -3.49. The predicted molar refractivity (Wildman–Crippen MR) is 51.5 cm³/mol. The molecule has 5 heteroatoms. The molecule has 0 rings (SSSR count). The lowest BCUT2D eigenvalue weighted by Gasteiger charge is -2.20. The largest absolute Gasteiger partial charge is 0.379 e. The number of terminal acetylenes is 1. The van der Waals surface area contributed by atoms with Crippen LogP contribution in [0.3, 0.4) is 0 Å². The maximum atomic E-state index is 11.2. The van der Waals surface area contributed by atoms with E-state index in [2.05, 4.69) is 4.72 Å². The molecule has 0 heterocycles. The SMILES string of the molecule is C#CC(O)CS(=O)(=O)NC(C)(C)C. The zero-order valence-corrected chi connectivity index (χ0v) is 8.85. The second-order valence-corrected chi connectivity index (χ2v) is 5.58. The average Bonchev–Trinajstić information content (AvgIpc) is 1.80. The van der Waals surface area contributed by atoms with Crippen molar-refractivity contribution in [3.05, 3.63) is 0 Å². The summed E-state index contributed by atoms with van der Waals surface area (Å²) < 4.78 is 24.9. The minimum Gasteiger partial charge on any atom is -0.379 e. The molecule has 0 aromatic carbocycles. The third kappa shape index (κ3) is 6.58. The van der Waals surface area contributed by atoms with Crippen molar-refractivity contribution >= 4 is 10.0 Å². The van der Waals surface area contributed by atoms with Crippen molar-refractivity contribution in [3.63, 3.8) is 0 Å². The van der Waals surface area contributed by atoms with Crippen LogP contribution in [0, 0.1) is 12.3 Å². The summed E-state index contributed by atoms with van der Waals surface area (Å²) in [5.74, 6) is 1.49. The van der Waals surface area contributed by atoms with Gasteiger partial charge in [-0.05, 0) is 20.8 Å². The molecule has 0 spiro atoms. The molecular formula is C8H15NO3S. The molecule has 0 saturated heterocycles. The van der Waals surface area contributed by atoms with Gasteiger partial charge in [-0.25, -0.2) is 13.1 Å². The van der Waals surface area contributed by atoms with Crippen LogP contribution < -0.4 is 4.72 Å². The molecule has 4 nitrogen and oxygen atoms in total. The van der Waals surface area contributed by atoms with Crippen LogP contribution in [0.4, 0.5) is 0 Å². The van der Waals surface area contributed by atoms with Crippen LogP contribution in [0.15, 0.2) is 0 Å². The Balaban J connectivity index is 4.38. The second kappa shape index (κ2) is 4.09. The van der Waals surface area contributed by atoms with E-state index in [9.17, 15) is 8.42 Å². The third-order valence-electron chi connectivity index (χ3n) is 1.03. The van der Waals surface area contributed by atoms with Gasteiger partial charge in [0.25, 0.3) is 0 Å². The van der Waals surface area contributed by atoms with Crippen LogP contribution in [-0.4, -0.2) is 30.9 Å². The number of hydrogen-bond acceptors (Lipinski definition) is 3. The molecule has 0 fully saturated rings. The fourth-order valence-electron chi connectivity index (χ4n) is 0.764. The van der Waals surface area contributed by atoms with Crippen molar-refractivity contribution in [2.24, 2.45) is 0 Å². The van der Waals surface area contributed by atoms with Crippen molar-refractivity contribution in [1.29, 1.82) is 0 Å². The van der Waals surface area contributed by atoms with Crippen LogP contribution >= 0.6 is 0 Å². The van der Waals surface area contributed by atoms with Crippen LogP contribution in [0.2, 0.25) is 0 Å². The molecule has 13 heavy (non-hydrogen) atoms. The molecule has 2 N–H and O–H groups in total. The summed E-state index contributed by atoms with van der Waals surface area (Å²) in [6.07, 6.45) is 3.60. The highest BCUT2D eigenvalue weighted by atomic mass is 32.2. The van der Waals surface area contributed by atoms with Crippen molar-refractivity contribution in [3.8, 4) is 12.3 Å². The molecule has 1 unspecified atom stereocenters. The van der Waals surface area contributed by atoms with E-state index in [1.165, 1.54) is 0 Å². The maximum absolute atomic E-state index is 11.2. The van der Waals surface area contributed by atoms with Crippen LogP contribution in [0.5, 0.6) is 0 Å². The zero-order valence-electron chi connectivity index (χ0n) is 8.03. The van der Waals surface area contributed by atoms with Crippen molar-refractivity contribution in [2.75, 3.05) is 5.75 Å². The second-order valence-electron chi connectivity index (χ2n) is 3.82. The highest BCUT2D eigenvalue weighted by Gasteiger charge is 2.21. The highest BCUT2D eigenvalue weighted by Crippen LogP contribution is 2.02. The van der Waals surface area contributed by atoms with Gasteiger partial charge < -0.3 is 5.11 Å². The number of hydrogen-bond donors (Lipinski definition) is 2. The molecule has 0 aromatic heterocycles. The highest BCUT2D eigenvalue weighted by molar-refractivity contribution is 7.89. The molecule has 76 valence electrons. The van der Waals surface area contributed by atoms with Gasteiger partial charge in [0.1, 0.15) is 11.9 Å². The summed E-state index contributed by atoms with van der Waals surface area (Å²) in [4.78, 5) is 0. The molecule has 0 radical (unpaired) electrons. The first-order chi connectivity index (χ1) is 5.66. The fourth-order valence-corrected chi connectivity index (χ4v) is 2.29. The molecule has 0 aliphatic carbocycles. The van der Waals surface area contributed by atoms with Gasteiger partial charge in [0, 0.05) is 5.54 Å². The maximum Gasteiger partial charge on any atom is 0.215 e. The lowest BCUT2D eigenvalue weighted by Crippen LogP contribution is -2.43. The van der Waals surface area contributed by atoms with Crippen molar-refractivity contribution in [1.82, 2.24) is 4.72 Å². The number of rotatable bonds is 3. The van der Waals surface area contributed by atoms with Gasteiger partial charge in [-0.15, -0.1) is 6.42 Å². The van der Waals surface area contributed by atoms with E-state index in [-0.39, 0.29) is 0 Å². The first kappa shape index (κ1) is 12.4. The van der Waals surface area contributed by atoms with Crippen molar-refractivity contribution < 1.29 is 13.5 Å². The Hall–Kier alpha value is -0.570. The first-order valence-corrected chi connectivity index (χ1v) is 5.47. The van der Waals surface area contributed by atoms with E-state index in [1.54, 1.807) is 20.8 Å². The quantitative estimate of drug-likeness (QED) is 0.622. The summed E-state index contributed by atoms with van der Waals surface area (Å²) in [5.41, 5.74) is -0.548. The summed E-state index contributed by atoms with van der Waals surface area (Å²) >= 11 is 0. The number of sulfonamides is 1. The van der Waals surface area contributed by atoms with Gasteiger partial charge in [-0.3, -0.25) is 0 Å². The molecule has 0 aliphatic rings. The van der Waals surface area contributed by atoms with Gasteiger partial charge >= 0.3 is 0 Å². The lowest BCUT2D eigenvalue weighted by atomic mass is 10.1. The third-order valence-corrected chi connectivity index (χ3v) is 2.71. The standard InChI is InChI=1S/C8H15NO3S/c1-5-7(10)6-13(11,12)9-8(2,3)4/h1,7,9-10H,6H2,2-4H3. The summed E-state index contributed by atoms with van der Waals surface area (Å²) in [6, 6.07) is 0. The Kier molecular flexibility index (Phi) is 3.91. The van der Waals surface area contributed by atoms with E-state index in [1.807, 2.05) is 5.92 Å². The normalized spacial score (nSPS) is 15.0. The molecule has 0 bridgehead atoms. The first-order valence-electron chi connectivity index (χ1n) is 3.82. The van der Waals surface area contributed by atoms with E-state index in [0.29, 0.717) is 0 Å². The molecule has 0 aromatic rings. The van der Waals surface area contributed by atoms with Gasteiger partial charge in [0.05, 0.1) is 0 Å². The Morgan fingerprint density at radius 1 is 1.54 bits per heavy atom. The minimum absolute atomic E-state index is 0.458. The zero-order chi connectivity index (χ0) is 10.7. The van der Waals surface area contributed by atoms with E-state index in [0.717, 1.165) is 0 Å². The van der Waals surface area contributed by atoms with Crippen LogP contribution in [0.1, 0.15) is 20.8 Å². The smallest absolute Gasteiger partial charge is 0.215 e. The van der Waals surface area contributed by atoms with E-state index in [4.69, 9.17) is 11.5 Å². The summed E-state index contributed by atoms with van der Waals surface area (Å²) in [6.45, 7) is 5.15. The fraction of sp³-hybridized carbons (Fsp3) is 0.750. The Labute approximate surface area is 79.4 Å². The topological polar surface area (TPSA) is 66.4 Å². The molecule has 1 atom stereocenters. The van der Waals surface area contributed by atoms with Gasteiger partial charge in [-0.1, -0.05) is 5.92 Å². The molecule has 0 aliphatic heterocycles. The van der Waals surface area contributed by atoms with Gasteiger partial charge in [-0.2, -0.15) is 0 Å². The number of nitrogens with one attached hydrogen (secondary N) is 1. The van der Waals surface area contributed by atoms with E-state index < -0.39 is 27.4 Å². The molecular weight excluding hydrogens is 190 g/mol. The number of aliphatic hydroxyl groups excluding tert-OH is 1. The lowest BCUT2D eigenvalue weighted by molar-refractivity contribution is 0.254. The van der Waals surface area contributed by atoms with Gasteiger partial charge in [0.15, 0.2) is 0 Å². The van der Waals surface area contributed by atoms with E-state index >= 15 is 0 Å². The predicted octanol–water partition coefficient (Wildman–Crippen LogP) is -0.302. The van der Waals surface area contributed by atoms with Gasteiger partial charge in [0.2, 0.25) is 10.0 Å². The molecule has 0 amide bonds. The average molecular weight is 205 g/mol. The Morgan fingerprint density at radius 3 is 2.31 bits per heavy atom. The Bertz CT molecular complexity index is 294. The Morgan fingerprint density at radius 2 is 2.00 bits per heavy atom.